The van der Waals surface area contributed by atoms with Crippen molar-refractivity contribution in [1.29, 1.82) is 0 Å². The van der Waals surface area contributed by atoms with Gasteiger partial charge in [0.15, 0.2) is 5.69 Å². The molecule has 1 aromatic carbocycles. The number of carbonyl (C=O) groups is 1. The summed E-state index contributed by atoms with van der Waals surface area (Å²) < 4.78 is 4.61. The van der Waals surface area contributed by atoms with Crippen LogP contribution in [0.15, 0.2) is 30.6 Å². The van der Waals surface area contributed by atoms with Crippen LogP contribution in [0.2, 0.25) is 5.02 Å². The lowest BCUT2D eigenvalue weighted by molar-refractivity contribution is 0.0594. The number of ether oxygens (including phenoxy) is 1. The average Bonchev–Trinajstić information content (AvgIpc) is 2.41. The molecular weight excluding hydrogens is 252 g/mol. The Bertz CT molecular complexity index is 599. The SMILES string of the molecule is COC(=O)c1cc(-c2ccc(C)c(Cl)c2)ncn1. The number of hydrogen-bond acceptors (Lipinski definition) is 4. The lowest BCUT2D eigenvalue weighted by Crippen LogP contribution is -2.04. The van der Waals surface area contributed by atoms with Crippen molar-refractivity contribution < 1.29 is 9.53 Å². The maximum Gasteiger partial charge on any atom is 0.356 e. The van der Waals surface area contributed by atoms with E-state index in [0.29, 0.717) is 10.7 Å². The Kier molecular flexibility index (Phi) is 3.58. The summed E-state index contributed by atoms with van der Waals surface area (Å²) in [5, 5.41) is 0.658. The number of aryl methyl sites for hydroxylation is 1. The Balaban J connectivity index is 2.44. The zero-order valence-corrected chi connectivity index (χ0v) is 10.7. The first kappa shape index (κ1) is 12.5. The molecule has 0 fully saturated rings. The van der Waals surface area contributed by atoms with Crippen LogP contribution in [-0.4, -0.2) is 23.0 Å². The van der Waals surface area contributed by atoms with Crippen LogP contribution in [0.1, 0.15) is 16.1 Å². The summed E-state index contributed by atoms with van der Waals surface area (Å²) in [5.74, 6) is -0.489. The van der Waals surface area contributed by atoms with Crippen molar-refractivity contribution >= 4 is 17.6 Å². The maximum absolute atomic E-state index is 11.4. The van der Waals surface area contributed by atoms with Gasteiger partial charge in [0, 0.05) is 10.6 Å². The van der Waals surface area contributed by atoms with E-state index >= 15 is 0 Å². The molecule has 0 N–H and O–H groups in total. The van der Waals surface area contributed by atoms with E-state index in [2.05, 4.69) is 14.7 Å². The zero-order chi connectivity index (χ0) is 13.1. The standard InChI is InChI=1S/C13H11ClN2O2/c1-8-3-4-9(5-10(8)14)11-6-12(13(17)18-2)16-7-15-11/h3-7H,1-2H3. The van der Waals surface area contributed by atoms with Gasteiger partial charge in [-0.2, -0.15) is 0 Å². The molecule has 5 heteroatoms. The predicted molar refractivity (Wildman–Crippen MR) is 68.6 cm³/mol. The molecule has 2 aromatic rings. The van der Waals surface area contributed by atoms with Crippen LogP contribution in [0, 0.1) is 6.92 Å². The number of aromatic nitrogens is 2. The molecule has 4 nitrogen and oxygen atoms in total. The highest BCUT2D eigenvalue weighted by Crippen LogP contribution is 2.23. The van der Waals surface area contributed by atoms with Gasteiger partial charge in [0.2, 0.25) is 0 Å². The third-order valence-corrected chi connectivity index (χ3v) is 2.94. The largest absolute Gasteiger partial charge is 0.464 e. The highest BCUT2D eigenvalue weighted by atomic mass is 35.5. The second kappa shape index (κ2) is 5.14. The van der Waals surface area contributed by atoms with Crippen LogP contribution >= 0.6 is 11.6 Å². The first-order valence-corrected chi connectivity index (χ1v) is 5.66. The second-order valence-electron chi connectivity index (χ2n) is 3.74. The molecule has 0 amide bonds. The normalized spacial score (nSPS) is 10.2. The van der Waals surface area contributed by atoms with Gasteiger partial charge in [0.05, 0.1) is 12.8 Å². The van der Waals surface area contributed by atoms with Gasteiger partial charge in [-0.1, -0.05) is 23.7 Å². The smallest absolute Gasteiger partial charge is 0.356 e. The van der Waals surface area contributed by atoms with Gasteiger partial charge in [-0.25, -0.2) is 14.8 Å². The molecule has 0 unspecified atom stereocenters. The van der Waals surface area contributed by atoms with Gasteiger partial charge in [-0.3, -0.25) is 0 Å². The van der Waals surface area contributed by atoms with Crippen molar-refractivity contribution in [3.63, 3.8) is 0 Å². The third-order valence-electron chi connectivity index (χ3n) is 2.53. The molecule has 1 heterocycles. The van der Waals surface area contributed by atoms with Crippen LogP contribution in [0.5, 0.6) is 0 Å². The summed E-state index contributed by atoms with van der Waals surface area (Å²) in [6, 6.07) is 7.18. The van der Waals surface area contributed by atoms with Crippen LogP contribution in [0.3, 0.4) is 0 Å². The Morgan fingerprint density at radius 2 is 2.06 bits per heavy atom. The number of nitrogens with zero attached hydrogens (tertiary/aromatic N) is 2. The van der Waals surface area contributed by atoms with E-state index in [4.69, 9.17) is 11.6 Å². The number of benzene rings is 1. The van der Waals surface area contributed by atoms with E-state index in [1.165, 1.54) is 13.4 Å². The van der Waals surface area contributed by atoms with Crippen molar-refractivity contribution in [2.75, 3.05) is 7.11 Å². The maximum atomic E-state index is 11.4. The van der Waals surface area contributed by atoms with Crippen LogP contribution in [-0.2, 0) is 4.74 Å². The molecule has 0 radical (unpaired) electrons. The lowest BCUT2D eigenvalue weighted by Gasteiger charge is -2.04. The number of esters is 1. The van der Waals surface area contributed by atoms with Crippen molar-refractivity contribution in [3.05, 3.63) is 46.9 Å². The first-order valence-electron chi connectivity index (χ1n) is 5.28. The van der Waals surface area contributed by atoms with Gasteiger partial charge in [-0.05, 0) is 24.6 Å². The molecule has 0 aliphatic rings. The molecule has 0 bridgehead atoms. The first-order chi connectivity index (χ1) is 8.61. The highest BCUT2D eigenvalue weighted by molar-refractivity contribution is 6.31. The minimum atomic E-state index is -0.489. The highest BCUT2D eigenvalue weighted by Gasteiger charge is 2.10. The van der Waals surface area contributed by atoms with Gasteiger partial charge in [-0.15, -0.1) is 0 Å². The van der Waals surface area contributed by atoms with Crippen molar-refractivity contribution in [2.24, 2.45) is 0 Å². The number of methoxy groups -OCH3 is 1. The van der Waals surface area contributed by atoms with E-state index < -0.39 is 5.97 Å². The molecule has 92 valence electrons. The van der Waals surface area contributed by atoms with Crippen molar-refractivity contribution in [3.8, 4) is 11.3 Å². The fourth-order valence-corrected chi connectivity index (χ4v) is 1.66. The Labute approximate surface area is 110 Å². The van der Waals surface area contributed by atoms with Crippen LogP contribution in [0.4, 0.5) is 0 Å². The molecule has 0 aliphatic carbocycles. The van der Waals surface area contributed by atoms with Gasteiger partial charge in [0.1, 0.15) is 6.33 Å². The minimum Gasteiger partial charge on any atom is -0.464 e. The van der Waals surface area contributed by atoms with Crippen LogP contribution in [0.25, 0.3) is 11.3 Å². The van der Waals surface area contributed by atoms with Gasteiger partial charge in [0.25, 0.3) is 0 Å². The van der Waals surface area contributed by atoms with E-state index in [0.717, 1.165) is 11.1 Å². The van der Waals surface area contributed by atoms with E-state index in [-0.39, 0.29) is 5.69 Å². The summed E-state index contributed by atoms with van der Waals surface area (Å²) in [5.41, 5.74) is 2.67. The molecule has 0 aliphatic heterocycles. The number of rotatable bonds is 2. The molecule has 0 saturated carbocycles. The molecule has 0 spiro atoms. The molecular formula is C13H11ClN2O2. The third kappa shape index (κ3) is 2.49. The van der Waals surface area contributed by atoms with Gasteiger partial charge >= 0.3 is 5.97 Å². The minimum absolute atomic E-state index is 0.221. The second-order valence-corrected chi connectivity index (χ2v) is 4.15. The predicted octanol–water partition coefficient (Wildman–Crippen LogP) is 2.89. The summed E-state index contributed by atoms with van der Waals surface area (Å²) >= 11 is 6.06. The molecule has 18 heavy (non-hydrogen) atoms. The van der Waals surface area contributed by atoms with Crippen LogP contribution < -0.4 is 0 Å². The molecule has 1 aromatic heterocycles. The fraction of sp³-hybridized carbons (Fsp3) is 0.154. The number of halogens is 1. The molecule has 0 atom stereocenters. The van der Waals surface area contributed by atoms with E-state index in [1.54, 1.807) is 12.1 Å². The average molecular weight is 263 g/mol. The topological polar surface area (TPSA) is 52.1 Å². The van der Waals surface area contributed by atoms with Crippen molar-refractivity contribution in [1.82, 2.24) is 9.97 Å². The van der Waals surface area contributed by atoms with E-state index in [9.17, 15) is 4.79 Å². The quantitative estimate of drug-likeness (QED) is 0.781. The summed E-state index contributed by atoms with van der Waals surface area (Å²) in [6.07, 6.45) is 1.33. The molecule has 2 rings (SSSR count). The summed E-state index contributed by atoms with van der Waals surface area (Å²) in [6.45, 7) is 1.92. The Morgan fingerprint density at radius 1 is 1.28 bits per heavy atom. The summed E-state index contributed by atoms with van der Waals surface area (Å²) in [7, 11) is 1.31. The lowest BCUT2D eigenvalue weighted by atomic mass is 10.1. The van der Waals surface area contributed by atoms with Gasteiger partial charge < -0.3 is 4.74 Å². The Hall–Kier alpha value is -1.94. The summed E-state index contributed by atoms with van der Waals surface area (Å²) in [4.78, 5) is 19.4. The number of hydrogen-bond donors (Lipinski definition) is 0. The molecule has 0 saturated heterocycles. The fourth-order valence-electron chi connectivity index (χ4n) is 1.48. The van der Waals surface area contributed by atoms with Crippen molar-refractivity contribution in [2.45, 2.75) is 6.92 Å². The Morgan fingerprint density at radius 3 is 2.72 bits per heavy atom. The zero-order valence-electron chi connectivity index (χ0n) is 9.98. The monoisotopic (exact) mass is 262 g/mol. The number of carbonyl (C=O) groups excluding carboxylic acids is 1. The van der Waals surface area contributed by atoms with E-state index in [1.807, 2.05) is 19.1 Å².